The molecule has 29 heavy (non-hydrogen) atoms. The lowest BCUT2D eigenvalue weighted by Crippen LogP contribution is -2.31. The van der Waals surface area contributed by atoms with Gasteiger partial charge in [-0.2, -0.15) is 0 Å². The van der Waals surface area contributed by atoms with Crippen LogP contribution in [0.5, 0.6) is 0 Å². The number of aliphatic hydroxyl groups excluding tert-OH is 3. The maximum Gasteiger partial charge on any atom is 0.0573 e. The van der Waals surface area contributed by atoms with Gasteiger partial charge >= 0.3 is 0 Å². The fourth-order valence-corrected chi connectivity index (χ4v) is 5.38. The first-order chi connectivity index (χ1) is 13.6. The van der Waals surface area contributed by atoms with Gasteiger partial charge in [-0.15, -0.1) is 0 Å². The summed E-state index contributed by atoms with van der Waals surface area (Å²) in [7, 11) is 0. The van der Waals surface area contributed by atoms with Crippen LogP contribution in [-0.2, 0) is 0 Å². The average Bonchev–Trinajstić information content (AvgIpc) is 2.62. The summed E-state index contributed by atoms with van der Waals surface area (Å²) in [6, 6.07) is 0. The minimum Gasteiger partial charge on any atom is -0.393 e. The maximum atomic E-state index is 9.71. The molecule has 6 atom stereocenters. The molecule has 3 heteroatoms. The molecule has 0 aromatic heterocycles. The molecule has 3 rings (SSSR count). The summed E-state index contributed by atoms with van der Waals surface area (Å²) in [6.45, 7) is 13.3. The Bertz CT molecular complexity index is 373. The predicted octanol–water partition coefficient (Wildman–Crippen LogP) is 6.19. The second kappa shape index (κ2) is 14.0. The number of aliphatic hydroxyl groups is 3. The first-order valence-electron chi connectivity index (χ1n) is 12.7. The van der Waals surface area contributed by atoms with E-state index in [1.54, 1.807) is 0 Å². The van der Waals surface area contributed by atoms with Crippen molar-refractivity contribution in [3.8, 4) is 0 Å². The van der Waals surface area contributed by atoms with E-state index in [1.807, 2.05) is 0 Å². The molecule has 0 aromatic carbocycles. The Hall–Kier alpha value is -0.120. The molecule has 6 unspecified atom stereocenters. The molecule has 0 saturated heterocycles. The highest BCUT2D eigenvalue weighted by Gasteiger charge is 2.29. The van der Waals surface area contributed by atoms with Crippen molar-refractivity contribution in [1.82, 2.24) is 0 Å². The monoisotopic (exact) mass is 412 g/mol. The Morgan fingerprint density at radius 1 is 0.552 bits per heavy atom. The van der Waals surface area contributed by atoms with Crippen molar-refractivity contribution in [3.63, 3.8) is 0 Å². The third-order valence-corrected chi connectivity index (χ3v) is 7.55. The second-order valence-corrected chi connectivity index (χ2v) is 11.1. The number of hydrogen-bond acceptors (Lipinski definition) is 3. The standard InChI is InChI=1S/2C10H20O.C6H12O/c2*1-7(2)9-5-4-8(3)6-10(9)11;7-6-4-2-1-3-5-6/h2*7-11H,4-6H2,1-3H3;6-7H,1-5H2. The SMILES string of the molecule is CC1CCC(C(C)C)C(O)C1.CC1CCC(C(C)C)C(O)C1.OC1CCCCC1. The Balaban J connectivity index is 0.000000223. The molecule has 174 valence electrons. The van der Waals surface area contributed by atoms with E-state index in [9.17, 15) is 10.2 Å². The molecule has 3 saturated carbocycles. The fraction of sp³-hybridized carbons (Fsp3) is 1.00. The van der Waals surface area contributed by atoms with Gasteiger partial charge < -0.3 is 15.3 Å². The highest BCUT2D eigenvalue weighted by atomic mass is 16.3. The molecule has 0 spiro atoms. The van der Waals surface area contributed by atoms with E-state index in [1.165, 1.54) is 44.9 Å². The molecule has 0 aliphatic heterocycles. The zero-order chi connectivity index (χ0) is 22.0. The van der Waals surface area contributed by atoms with Gasteiger partial charge in [-0.05, 0) is 74.0 Å². The van der Waals surface area contributed by atoms with Crippen LogP contribution in [0.25, 0.3) is 0 Å². The van der Waals surface area contributed by atoms with Gasteiger partial charge in [0, 0.05) is 0 Å². The Labute approximate surface area is 181 Å². The third-order valence-electron chi connectivity index (χ3n) is 7.55. The molecular formula is C26H52O3. The van der Waals surface area contributed by atoms with Gasteiger partial charge in [-0.3, -0.25) is 0 Å². The van der Waals surface area contributed by atoms with Gasteiger partial charge in [0.2, 0.25) is 0 Å². The van der Waals surface area contributed by atoms with Crippen LogP contribution in [0.2, 0.25) is 0 Å². The molecule has 3 nitrogen and oxygen atoms in total. The molecular weight excluding hydrogens is 360 g/mol. The average molecular weight is 413 g/mol. The molecule has 3 aliphatic rings. The van der Waals surface area contributed by atoms with Crippen molar-refractivity contribution in [2.75, 3.05) is 0 Å². The number of hydrogen-bond donors (Lipinski definition) is 3. The van der Waals surface area contributed by atoms with E-state index < -0.39 is 0 Å². The summed E-state index contributed by atoms with van der Waals surface area (Å²) >= 11 is 0. The number of rotatable bonds is 2. The van der Waals surface area contributed by atoms with Gasteiger partial charge in [0.25, 0.3) is 0 Å². The lowest BCUT2D eigenvalue weighted by Gasteiger charge is -2.33. The predicted molar refractivity (Wildman–Crippen MR) is 124 cm³/mol. The summed E-state index contributed by atoms with van der Waals surface area (Å²) in [5, 5.41) is 28.3. The van der Waals surface area contributed by atoms with E-state index in [0.717, 1.165) is 37.5 Å². The summed E-state index contributed by atoms with van der Waals surface area (Å²) in [5.74, 6) is 3.90. The van der Waals surface area contributed by atoms with Crippen molar-refractivity contribution in [3.05, 3.63) is 0 Å². The van der Waals surface area contributed by atoms with Crippen LogP contribution in [0.1, 0.15) is 112 Å². The fourth-order valence-electron chi connectivity index (χ4n) is 5.38. The highest BCUT2D eigenvalue weighted by Crippen LogP contribution is 2.34. The third kappa shape index (κ3) is 10.6. The summed E-state index contributed by atoms with van der Waals surface area (Å²) in [5.41, 5.74) is 0. The topological polar surface area (TPSA) is 60.7 Å². The Morgan fingerprint density at radius 3 is 1.17 bits per heavy atom. The van der Waals surface area contributed by atoms with Gasteiger partial charge in [0.05, 0.1) is 18.3 Å². The van der Waals surface area contributed by atoms with E-state index in [4.69, 9.17) is 5.11 Å². The van der Waals surface area contributed by atoms with Crippen LogP contribution in [0, 0.1) is 35.5 Å². The summed E-state index contributed by atoms with van der Waals surface area (Å²) in [6.07, 6.45) is 13.0. The lowest BCUT2D eigenvalue weighted by molar-refractivity contribution is 0.0263. The lowest BCUT2D eigenvalue weighted by atomic mass is 9.75. The van der Waals surface area contributed by atoms with E-state index >= 15 is 0 Å². The minimum atomic E-state index is -0.0289. The summed E-state index contributed by atoms with van der Waals surface area (Å²) in [4.78, 5) is 0. The van der Waals surface area contributed by atoms with E-state index in [2.05, 4.69) is 41.5 Å². The van der Waals surface area contributed by atoms with Crippen molar-refractivity contribution in [1.29, 1.82) is 0 Å². The molecule has 0 aromatic rings. The van der Waals surface area contributed by atoms with Crippen molar-refractivity contribution in [2.24, 2.45) is 35.5 Å². The van der Waals surface area contributed by atoms with Crippen LogP contribution < -0.4 is 0 Å². The molecule has 0 amide bonds. The van der Waals surface area contributed by atoms with Gasteiger partial charge in [-0.25, -0.2) is 0 Å². The molecule has 0 heterocycles. The van der Waals surface area contributed by atoms with Crippen molar-refractivity contribution < 1.29 is 15.3 Å². The minimum absolute atomic E-state index is 0.0289. The van der Waals surface area contributed by atoms with Crippen LogP contribution >= 0.6 is 0 Å². The van der Waals surface area contributed by atoms with Crippen molar-refractivity contribution in [2.45, 2.75) is 130 Å². The maximum absolute atomic E-state index is 9.71. The summed E-state index contributed by atoms with van der Waals surface area (Å²) < 4.78 is 0. The van der Waals surface area contributed by atoms with Gasteiger partial charge in [-0.1, -0.05) is 73.6 Å². The highest BCUT2D eigenvalue weighted by molar-refractivity contribution is 4.80. The van der Waals surface area contributed by atoms with E-state index in [-0.39, 0.29) is 18.3 Å². The molecule has 0 bridgehead atoms. The van der Waals surface area contributed by atoms with E-state index in [0.29, 0.717) is 23.7 Å². The molecule has 0 radical (unpaired) electrons. The first kappa shape index (κ1) is 26.9. The van der Waals surface area contributed by atoms with Gasteiger partial charge in [0.15, 0.2) is 0 Å². The normalized spacial score (nSPS) is 36.1. The van der Waals surface area contributed by atoms with Crippen LogP contribution in [0.4, 0.5) is 0 Å². The van der Waals surface area contributed by atoms with Crippen molar-refractivity contribution >= 4 is 0 Å². The zero-order valence-corrected chi connectivity index (χ0v) is 20.3. The largest absolute Gasteiger partial charge is 0.393 e. The quantitative estimate of drug-likeness (QED) is 0.507. The zero-order valence-electron chi connectivity index (χ0n) is 20.3. The Kier molecular flexibility index (Phi) is 13.0. The smallest absolute Gasteiger partial charge is 0.0573 e. The molecule has 3 fully saturated rings. The molecule has 3 aliphatic carbocycles. The Morgan fingerprint density at radius 2 is 0.931 bits per heavy atom. The van der Waals surface area contributed by atoms with Crippen LogP contribution in [0.15, 0.2) is 0 Å². The second-order valence-electron chi connectivity index (χ2n) is 11.1. The van der Waals surface area contributed by atoms with Gasteiger partial charge in [0.1, 0.15) is 0 Å². The van der Waals surface area contributed by atoms with Crippen LogP contribution in [0.3, 0.4) is 0 Å². The molecule has 3 N–H and O–H groups in total. The van der Waals surface area contributed by atoms with Crippen LogP contribution in [-0.4, -0.2) is 33.6 Å². The first-order valence-corrected chi connectivity index (χ1v) is 12.7.